The molecule has 1 fully saturated rings. The monoisotopic (exact) mass is 396 g/mol. The molecule has 8 heteroatoms. The van der Waals surface area contributed by atoms with Crippen molar-refractivity contribution >= 4 is 21.9 Å². The van der Waals surface area contributed by atoms with Gasteiger partial charge in [0.2, 0.25) is 10.0 Å². The standard InChI is InChI=1S/C19H28N2O5S/c1-12-13(2)15(4)19(16(5)14(12)3)27(24,25)21-9-7-20(8-10-21)18(23)11-26-17(6)22/h7-11H2,1-6H3. The molecule has 0 radical (unpaired) electrons. The number of sulfonamides is 1. The highest BCUT2D eigenvalue weighted by Gasteiger charge is 2.33. The minimum atomic E-state index is -3.65. The van der Waals surface area contributed by atoms with Crippen LogP contribution < -0.4 is 0 Å². The van der Waals surface area contributed by atoms with Crippen molar-refractivity contribution in [2.75, 3.05) is 32.8 Å². The number of nitrogens with zero attached hydrogens (tertiary/aromatic N) is 2. The quantitative estimate of drug-likeness (QED) is 0.722. The van der Waals surface area contributed by atoms with Crippen molar-refractivity contribution in [2.45, 2.75) is 46.4 Å². The number of hydrogen-bond donors (Lipinski definition) is 0. The van der Waals surface area contributed by atoms with E-state index < -0.39 is 16.0 Å². The number of carbonyl (C=O) groups excluding carboxylic acids is 2. The normalized spacial score (nSPS) is 15.7. The zero-order valence-corrected chi connectivity index (χ0v) is 17.7. The summed E-state index contributed by atoms with van der Waals surface area (Å²) in [6.07, 6.45) is 0. The molecule has 150 valence electrons. The fourth-order valence-electron chi connectivity index (χ4n) is 3.41. The Morgan fingerprint density at radius 3 is 1.74 bits per heavy atom. The number of ether oxygens (including phenoxy) is 1. The van der Waals surface area contributed by atoms with E-state index in [0.717, 1.165) is 27.8 Å². The molecule has 0 aromatic heterocycles. The highest BCUT2D eigenvalue weighted by molar-refractivity contribution is 7.89. The van der Waals surface area contributed by atoms with Gasteiger partial charge < -0.3 is 9.64 Å². The van der Waals surface area contributed by atoms with Gasteiger partial charge in [-0.3, -0.25) is 9.59 Å². The summed E-state index contributed by atoms with van der Waals surface area (Å²) in [7, 11) is -3.65. The number of piperazine rings is 1. The second-order valence-electron chi connectivity index (χ2n) is 7.02. The van der Waals surface area contributed by atoms with Crippen LogP contribution in [0.5, 0.6) is 0 Å². The maximum Gasteiger partial charge on any atom is 0.303 e. The van der Waals surface area contributed by atoms with Crippen molar-refractivity contribution in [2.24, 2.45) is 0 Å². The summed E-state index contributed by atoms with van der Waals surface area (Å²) in [6, 6.07) is 0. The summed E-state index contributed by atoms with van der Waals surface area (Å²) in [4.78, 5) is 24.8. The third kappa shape index (κ3) is 4.16. The van der Waals surface area contributed by atoms with E-state index in [1.807, 2.05) is 34.6 Å². The topological polar surface area (TPSA) is 84.0 Å². The number of amides is 1. The van der Waals surface area contributed by atoms with Gasteiger partial charge in [-0.25, -0.2) is 8.42 Å². The Kier molecular flexibility index (Phi) is 6.32. The first-order valence-corrected chi connectivity index (χ1v) is 10.4. The molecule has 0 unspecified atom stereocenters. The number of hydrogen-bond acceptors (Lipinski definition) is 5. The van der Waals surface area contributed by atoms with Gasteiger partial charge in [0.05, 0.1) is 4.90 Å². The molecule has 1 aromatic carbocycles. The van der Waals surface area contributed by atoms with Gasteiger partial charge in [-0.15, -0.1) is 0 Å². The Morgan fingerprint density at radius 1 is 0.852 bits per heavy atom. The van der Waals surface area contributed by atoms with Crippen LogP contribution in [0.4, 0.5) is 0 Å². The molecule has 1 amide bonds. The SMILES string of the molecule is CC(=O)OCC(=O)N1CCN(S(=O)(=O)c2c(C)c(C)c(C)c(C)c2C)CC1. The average molecular weight is 397 g/mol. The predicted molar refractivity (Wildman–Crippen MR) is 102 cm³/mol. The van der Waals surface area contributed by atoms with Crippen LogP contribution in [0, 0.1) is 34.6 Å². The molecule has 0 bridgehead atoms. The second kappa shape index (κ2) is 7.98. The molecule has 1 aromatic rings. The molecule has 1 aliphatic rings. The first-order chi connectivity index (χ1) is 12.5. The minimum absolute atomic E-state index is 0.221. The molecule has 0 spiro atoms. The fourth-order valence-corrected chi connectivity index (χ4v) is 5.40. The number of benzene rings is 1. The highest BCUT2D eigenvalue weighted by atomic mass is 32.2. The Bertz CT molecular complexity index is 840. The van der Waals surface area contributed by atoms with Crippen molar-refractivity contribution in [1.82, 2.24) is 9.21 Å². The Morgan fingerprint density at radius 2 is 1.30 bits per heavy atom. The molecule has 27 heavy (non-hydrogen) atoms. The first kappa shape index (κ1) is 21.4. The number of carbonyl (C=O) groups is 2. The zero-order valence-electron chi connectivity index (χ0n) is 16.9. The van der Waals surface area contributed by atoms with Gasteiger partial charge in [0.25, 0.3) is 5.91 Å². The van der Waals surface area contributed by atoms with Crippen molar-refractivity contribution in [3.63, 3.8) is 0 Å². The largest absolute Gasteiger partial charge is 0.456 e. The number of rotatable bonds is 4. The smallest absolute Gasteiger partial charge is 0.303 e. The first-order valence-electron chi connectivity index (χ1n) is 8.96. The van der Waals surface area contributed by atoms with Gasteiger partial charge in [0, 0.05) is 33.1 Å². The van der Waals surface area contributed by atoms with Gasteiger partial charge in [-0.1, -0.05) is 0 Å². The Balaban J connectivity index is 2.21. The molecule has 0 aliphatic carbocycles. The van der Waals surface area contributed by atoms with Gasteiger partial charge in [0.15, 0.2) is 6.61 Å². The Labute approximate surface area is 161 Å². The summed E-state index contributed by atoms with van der Waals surface area (Å²) >= 11 is 0. The van der Waals surface area contributed by atoms with Gasteiger partial charge in [-0.2, -0.15) is 4.31 Å². The highest BCUT2D eigenvalue weighted by Crippen LogP contribution is 2.31. The van der Waals surface area contributed by atoms with E-state index in [-0.39, 0.29) is 38.7 Å². The molecular formula is C19H28N2O5S. The van der Waals surface area contributed by atoms with Crippen molar-refractivity contribution < 1.29 is 22.7 Å². The van der Waals surface area contributed by atoms with Crippen LogP contribution in [0.15, 0.2) is 4.90 Å². The average Bonchev–Trinajstić information content (AvgIpc) is 2.62. The lowest BCUT2D eigenvalue weighted by atomic mass is 9.95. The van der Waals surface area contributed by atoms with Crippen molar-refractivity contribution in [1.29, 1.82) is 0 Å². The van der Waals surface area contributed by atoms with E-state index in [2.05, 4.69) is 0 Å². The van der Waals surface area contributed by atoms with Crippen LogP contribution in [0.3, 0.4) is 0 Å². The van der Waals surface area contributed by atoms with Gasteiger partial charge in [-0.05, 0) is 62.4 Å². The Hall–Kier alpha value is -1.93. The molecule has 0 N–H and O–H groups in total. The van der Waals surface area contributed by atoms with Crippen LogP contribution in [-0.4, -0.2) is 62.3 Å². The third-order valence-corrected chi connectivity index (χ3v) is 7.69. The van der Waals surface area contributed by atoms with Crippen LogP contribution >= 0.6 is 0 Å². The lowest BCUT2D eigenvalue weighted by Crippen LogP contribution is -2.51. The number of esters is 1. The van der Waals surface area contributed by atoms with Crippen LogP contribution in [0.25, 0.3) is 0 Å². The van der Waals surface area contributed by atoms with Gasteiger partial charge in [0.1, 0.15) is 0 Å². The van der Waals surface area contributed by atoms with E-state index in [9.17, 15) is 18.0 Å². The predicted octanol–water partition coefficient (Wildman–Crippen LogP) is 1.62. The second-order valence-corrected chi connectivity index (χ2v) is 8.89. The zero-order chi connectivity index (χ0) is 20.5. The molecule has 0 atom stereocenters. The minimum Gasteiger partial charge on any atom is -0.456 e. The van der Waals surface area contributed by atoms with Crippen LogP contribution in [0.2, 0.25) is 0 Å². The summed E-state index contributed by atoms with van der Waals surface area (Å²) in [6.45, 7) is 11.5. The van der Waals surface area contributed by atoms with E-state index >= 15 is 0 Å². The summed E-state index contributed by atoms with van der Waals surface area (Å²) < 4.78 is 32.7. The summed E-state index contributed by atoms with van der Waals surface area (Å²) in [5.74, 6) is -0.822. The van der Waals surface area contributed by atoms with Crippen LogP contribution in [0.1, 0.15) is 34.7 Å². The summed E-state index contributed by atoms with van der Waals surface area (Å²) in [5.41, 5.74) is 4.66. The van der Waals surface area contributed by atoms with E-state index in [1.54, 1.807) is 0 Å². The van der Waals surface area contributed by atoms with E-state index in [1.165, 1.54) is 16.1 Å². The van der Waals surface area contributed by atoms with Crippen molar-refractivity contribution in [3.8, 4) is 0 Å². The third-order valence-electron chi connectivity index (χ3n) is 5.52. The van der Waals surface area contributed by atoms with E-state index in [0.29, 0.717) is 4.90 Å². The molecule has 7 nitrogen and oxygen atoms in total. The summed E-state index contributed by atoms with van der Waals surface area (Å²) in [5, 5.41) is 0. The van der Waals surface area contributed by atoms with Crippen LogP contribution in [-0.2, 0) is 24.3 Å². The van der Waals surface area contributed by atoms with Crippen molar-refractivity contribution in [3.05, 3.63) is 27.8 Å². The molecule has 0 saturated carbocycles. The lowest BCUT2D eigenvalue weighted by Gasteiger charge is -2.34. The molecule has 2 rings (SSSR count). The molecule has 1 aliphatic heterocycles. The van der Waals surface area contributed by atoms with Gasteiger partial charge >= 0.3 is 5.97 Å². The molecule has 1 heterocycles. The fraction of sp³-hybridized carbons (Fsp3) is 0.579. The lowest BCUT2D eigenvalue weighted by molar-refractivity contribution is -0.150. The molecule has 1 saturated heterocycles. The maximum absolute atomic E-state index is 13.3. The molecular weight excluding hydrogens is 368 g/mol. The van der Waals surface area contributed by atoms with E-state index in [4.69, 9.17) is 4.74 Å². The maximum atomic E-state index is 13.3.